The molecule has 0 aromatic heterocycles. The average molecular weight is 377 g/mol. The summed E-state index contributed by atoms with van der Waals surface area (Å²) in [6.45, 7) is 10.3. The zero-order chi connectivity index (χ0) is 18.7. The van der Waals surface area contributed by atoms with Crippen LogP contribution in [0.1, 0.15) is 13.8 Å². The van der Waals surface area contributed by atoms with E-state index in [1.165, 1.54) is 11.8 Å². The van der Waals surface area contributed by atoms with Crippen molar-refractivity contribution in [3.05, 3.63) is 53.6 Å². The molecule has 25 heavy (non-hydrogen) atoms. The summed E-state index contributed by atoms with van der Waals surface area (Å²) in [5.74, 6) is -0.370. The van der Waals surface area contributed by atoms with Crippen LogP contribution in [0.5, 0.6) is 11.5 Å². The molecule has 2 aromatic rings. The third kappa shape index (κ3) is 4.24. The van der Waals surface area contributed by atoms with Gasteiger partial charge in [0.2, 0.25) is 0 Å². The van der Waals surface area contributed by atoms with Gasteiger partial charge in [-0.05, 0) is 44.4 Å². The predicted molar refractivity (Wildman–Crippen MR) is 102 cm³/mol. The van der Waals surface area contributed by atoms with Gasteiger partial charge in [0.1, 0.15) is 5.75 Å². The van der Waals surface area contributed by atoms with Gasteiger partial charge < -0.3 is 9.47 Å². The molecule has 0 spiro atoms. The highest BCUT2D eigenvalue weighted by Crippen LogP contribution is 2.42. The summed E-state index contributed by atoms with van der Waals surface area (Å²) >= 11 is 7.45. The Morgan fingerprint density at radius 2 is 1.60 bits per heavy atom. The maximum absolute atomic E-state index is 12.0. The third-order valence-corrected chi connectivity index (χ3v) is 4.27. The van der Waals surface area contributed by atoms with Crippen LogP contribution in [-0.4, -0.2) is 18.2 Å². The highest BCUT2D eigenvalue weighted by atomic mass is 35.5. The van der Waals surface area contributed by atoms with Crippen LogP contribution >= 0.6 is 23.4 Å². The van der Waals surface area contributed by atoms with Crippen LogP contribution in [-0.2, 0) is 9.59 Å². The summed E-state index contributed by atoms with van der Waals surface area (Å²) in [5, 5.41) is 1.63. The summed E-state index contributed by atoms with van der Waals surface area (Å²) in [6.07, 6.45) is 1.83. The third-order valence-electron chi connectivity index (χ3n) is 3.29. The molecule has 0 amide bonds. The molecule has 0 saturated heterocycles. The number of hydrogen-bond acceptors (Lipinski definition) is 5. The van der Waals surface area contributed by atoms with E-state index in [4.69, 9.17) is 21.1 Å². The highest BCUT2D eigenvalue weighted by molar-refractivity contribution is 7.98. The number of halogens is 1. The number of fused-ring (bicyclic) bond motifs is 1. The molecule has 2 aromatic carbocycles. The fourth-order valence-electron chi connectivity index (χ4n) is 2.02. The predicted octanol–water partition coefficient (Wildman–Crippen LogP) is 5.18. The zero-order valence-electron chi connectivity index (χ0n) is 14.1. The second kappa shape index (κ2) is 7.76. The summed E-state index contributed by atoms with van der Waals surface area (Å²) < 4.78 is 10.9. The summed E-state index contributed by atoms with van der Waals surface area (Å²) in [4.78, 5) is 24.6. The first-order valence-corrected chi connectivity index (χ1v) is 8.90. The van der Waals surface area contributed by atoms with Crippen LogP contribution in [0.3, 0.4) is 0 Å². The molecule has 0 heterocycles. The van der Waals surface area contributed by atoms with Crippen LogP contribution in [0.4, 0.5) is 0 Å². The van der Waals surface area contributed by atoms with Crippen LogP contribution in [0.25, 0.3) is 10.8 Å². The molecule has 0 aliphatic heterocycles. The van der Waals surface area contributed by atoms with E-state index in [9.17, 15) is 9.59 Å². The number of thioether (sulfide) groups is 1. The number of ether oxygens (including phenoxy) is 2. The quantitative estimate of drug-likeness (QED) is 0.311. The van der Waals surface area contributed by atoms with Gasteiger partial charge in [-0.2, -0.15) is 0 Å². The van der Waals surface area contributed by atoms with E-state index in [-0.39, 0.29) is 11.1 Å². The SMILES string of the molecule is C=C(C)C(=O)Oc1cc(SC)c(OC(=O)C(=C)C)c2ccc(Cl)cc12. The van der Waals surface area contributed by atoms with Crippen molar-refractivity contribution < 1.29 is 19.1 Å². The molecule has 0 aliphatic rings. The average Bonchev–Trinajstić information content (AvgIpc) is 2.56. The summed E-state index contributed by atoms with van der Waals surface area (Å²) in [7, 11) is 0. The molecule has 0 fully saturated rings. The second-order valence-corrected chi connectivity index (χ2v) is 6.72. The number of carbonyl (C=O) groups excluding carboxylic acids is 2. The molecule has 2 rings (SSSR count). The number of carbonyl (C=O) groups is 2. The van der Waals surface area contributed by atoms with E-state index in [1.807, 2.05) is 6.26 Å². The van der Waals surface area contributed by atoms with Crippen molar-refractivity contribution in [2.24, 2.45) is 0 Å². The van der Waals surface area contributed by atoms with E-state index in [2.05, 4.69) is 13.2 Å². The smallest absolute Gasteiger partial charge is 0.338 e. The van der Waals surface area contributed by atoms with E-state index in [0.29, 0.717) is 32.2 Å². The van der Waals surface area contributed by atoms with Crippen molar-refractivity contribution in [2.45, 2.75) is 18.7 Å². The van der Waals surface area contributed by atoms with Crippen LogP contribution in [0.2, 0.25) is 5.02 Å². The molecule has 0 aliphatic carbocycles. The highest BCUT2D eigenvalue weighted by Gasteiger charge is 2.19. The maximum atomic E-state index is 12.0. The number of hydrogen-bond donors (Lipinski definition) is 0. The van der Waals surface area contributed by atoms with E-state index in [0.717, 1.165) is 0 Å². The minimum absolute atomic E-state index is 0.277. The van der Waals surface area contributed by atoms with Gasteiger partial charge in [0, 0.05) is 26.9 Å². The number of rotatable bonds is 5. The van der Waals surface area contributed by atoms with Gasteiger partial charge in [-0.15, -0.1) is 11.8 Å². The molecule has 0 N–H and O–H groups in total. The first-order valence-electron chi connectivity index (χ1n) is 7.30. The fourth-order valence-corrected chi connectivity index (χ4v) is 2.76. The molecule has 4 nitrogen and oxygen atoms in total. The Bertz CT molecular complexity index is 902. The van der Waals surface area contributed by atoms with Gasteiger partial charge in [0.05, 0.1) is 4.90 Å². The Kier molecular flexibility index (Phi) is 5.93. The Morgan fingerprint density at radius 1 is 1.00 bits per heavy atom. The maximum Gasteiger partial charge on any atom is 0.338 e. The van der Waals surface area contributed by atoms with E-state index in [1.54, 1.807) is 38.1 Å². The zero-order valence-corrected chi connectivity index (χ0v) is 15.7. The lowest BCUT2D eigenvalue weighted by atomic mass is 10.1. The number of esters is 2. The van der Waals surface area contributed by atoms with Crippen molar-refractivity contribution in [3.8, 4) is 11.5 Å². The Labute approximate surface area is 155 Å². The minimum atomic E-state index is -0.542. The van der Waals surface area contributed by atoms with Gasteiger partial charge in [-0.25, -0.2) is 9.59 Å². The number of benzene rings is 2. The normalized spacial score (nSPS) is 10.4. The van der Waals surface area contributed by atoms with Crippen LogP contribution in [0.15, 0.2) is 53.5 Å². The Hall–Kier alpha value is -2.24. The Balaban J connectivity index is 2.70. The summed E-state index contributed by atoms with van der Waals surface area (Å²) in [6, 6.07) is 6.69. The lowest BCUT2D eigenvalue weighted by Crippen LogP contribution is -2.11. The molecule has 6 heteroatoms. The van der Waals surface area contributed by atoms with Crippen molar-refractivity contribution >= 4 is 46.1 Å². The van der Waals surface area contributed by atoms with Crippen molar-refractivity contribution in [1.29, 1.82) is 0 Å². The van der Waals surface area contributed by atoms with Gasteiger partial charge in [0.15, 0.2) is 5.75 Å². The van der Waals surface area contributed by atoms with Gasteiger partial charge in [-0.1, -0.05) is 24.8 Å². The Morgan fingerprint density at radius 3 is 2.16 bits per heavy atom. The monoisotopic (exact) mass is 376 g/mol. The van der Waals surface area contributed by atoms with Gasteiger partial charge >= 0.3 is 11.9 Å². The van der Waals surface area contributed by atoms with Crippen LogP contribution in [0, 0.1) is 0 Å². The summed E-state index contributed by atoms with van der Waals surface area (Å²) in [5.41, 5.74) is 0.561. The minimum Gasteiger partial charge on any atom is -0.422 e. The van der Waals surface area contributed by atoms with E-state index < -0.39 is 11.9 Å². The van der Waals surface area contributed by atoms with Crippen molar-refractivity contribution in [2.75, 3.05) is 6.26 Å². The topological polar surface area (TPSA) is 52.6 Å². The molecular weight excluding hydrogens is 360 g/mol. The molecule has 0 saturated carbocycles. The molecular formula is C19H17ClO4S. The van der Waals surface area contributed by atoms with Crippen molar-refractivity contribution in [1.82, 2.24) is 0 Å². The molecule has 0 atom stereocenters. The molecule has 0 radical (unpaired) electrons. The molecule has 130 valence electrons. The molecule has 0 unspecified atom stereocenters. The second-order valence-electron chi connectivity index (χ2n) is 5.44. The first-order chi connectivity index (χ1) is 11.7. The largest absolute Gasteiger partial charge is 0.422 e. The van der Waals surface area contributed by atoms with Crippen molar-refractivity contribution in [3.63, 3.8) is 0 Å². The standard InChI is InChI=1S/C19H17ClO4S/c1-10(2)18(21)23-15-9-16(25-5)17(24-19(22)11(3)4)13-7-6-12(20)8-14(13)15/h6-9H,1,3H2,2,4-5H3. The van der Waals surface area contributed by atoms with Gasteiger partial charge in [-0.3, -0.25) is 0 Å². The fraction of sp³-hybridized carbons (Fsp3) is 0.158. The molecule has 0 bridgehead atoms. The lowest BCUT2D eigenvalue weighted by Gasteiger charge is -2.15. The van der Waals surface area contributed by atoms with E-state index >= 15 is 0 Å². The lowest BCUT2D eigenvalue weighted by molar-refractivity contribution is -0.131. The van der Waals surface area contributed by atoms with Gasteiger partial charge in [0.25, 0.3) is 0 Å². The first kappa shape index (κ1) is 19.1. The van der Waals surface area contributed by atoms with Crippen LogP contribution < -0.4 is 9.47 Å².